The van der Waals surface area contributed by atoms with Gasteiger partial charge in [-0.15, -0.1) is 0 Å². The Morgan fingerprint density at radius 1 is 1.16 bits per heavy atom. The Balaban J connectivity index is 1.48. The number of piperidine rings is 1. The molecule has 1 N–H and O–H groups in total. The van der Waals surface area contributed by atoms with E-state index in [9.17, 15) is 18.4 Å². The largest absolute Gasteiger partial charge is 0.325 e. The molecule has 4 rings (SSSR count). The van der Waals surface area contributed by atoms with Crippen LogP contribution >= 0.6 is 0 Å². The Morgan fingerprint density at radius 3 is 2.48 bits per heavy atom. The molecule has 1 atom stereocenters. The van der Waals surface area contributed by atoms with Crippen LogP contribution in [0.1, 0.15) is 37.7 Å². The third-order valence-corrected chi connectivity index (χ3v) is 5.69. The summed E-state index contributed by atoms with van der Waals surface area (Å²) in [6, 6.07) is 3.28. The molecule has 134 valence electrons. The van der Waals surface area contributed by atoms with Crippen LogP contribution in [0.15, 0.2) is 18.2 Å². The van der Waals surface area contributed by atoms with Gasteiger partial charge in [0.25, 0.3) is 5.91 Å². The molecule has 2 heterocycles. The number of hydrogen-bond acceptors (Lipinski definition) is 3. The predicted molar refractivity (Wildman–Crippen MR) is 86.6 cm³/mol. The van der Waals surface area contributed by atoms with E-state index in [0.29, 0.717) is 25.9 Å². The quantitative estimate of drug-likeness (QED) is 0.853. The lowest BCUT2D eigenvalue weighted by atomic mass is 9.76. The van der Waals surface area contributed by atoms with E-state index in [1.54, 1.807) is 0 Å². The smallest absolute Gasteiger partial charge is 0.323 e. The van der Waals surface area contributed by atoms with E-state index >= 15 is 0 Å². The average molecular weight is 349 g/mol. The second kappa shape index (κ2) is 6.05. The summed E-state index contributed by atoms with van der Waals surface area (Å²) >= 11 is 0. The van der Waals surface area contributed by atoms with Crippen LogP contribution in [0.4, 0.5) is 13.6 Å². The minimum Gasteiger partial charge on any atom is -0.323 e. The zero-order valence-electron chi connectivity index (χ0n) is 13.9. The van der Waals surface area contributed by atoms with Crippen LogP contribution in [0.3, 0.4) is 0 Å². The van der Waals surface area contributed by atoms with Crippen LogP contribution in [0.2, 0.25) is 0 Å². The Labute approximate surface area is 145 Å². The van der Waals surface area contributed by atoms with E-state index in [2.05, 4.69) is 5.32 Å². The Kier molecular flexibility index (Phi) is 3.98. The number of halogens is 2. The topological polar surface area (TPSA) is 52.7 Å². The van der Waals surface area contributed by atoms with Gasteiger partial charge in [0, 0.05) is 18.7 Å². The summed E-state index contributed by atoms with van der Waals surface area (Å²) in [4.78, 5) is 28.3. The molecule has 3 aliphatic rings. The zero-order chi connectivity index (χ0) is 17.6. The molecule has 1 aromatic carbocycles. The Bertz CT molecular complexity index is 700. The first-order valence-electron chi connectivity index (χ1n) is 8.81. The molecule has 1 aliphatic carbocycles. The third kappa shape index (κ3) is 2.70. The number of imide groups is 1. The monoisotopic (exact) mass is 349 g/mol. The van der Waals surface area contributed by atoms with E-state index in [4.69, 9.17) is 0 Å². The fraction of sp³-hybridized carbons (Fsp3) is 0.556. The lowest BCUT2D eigenvalue weighted by Crippen LogP contribution is -2.54. The number of nitrogens with zero attached hydrogens (tertiary/aromatic N) is 2. The summed E-state index contributed by atoms with van der Waals surface area (Å²) in [5.41, 5.74) is -0.646. The van der Waals surface area contributed by atoms with Crippen molar-refractivity contribution < 1.29 is 18.4 Å². The summed E-state index contributed by atoms with van der Waals surface area (Å²) < 4.78 is 27.8. The van der Waals surface area contributed by atoms with Crippen molar-refractivity contribution in [3.05, 3.63) is 35.4 Å². The lowest BCUT2D eigenvalue weighted by molar-refractivity contribution is -0.136. The second-order valence-corrected chi connectivity index (χ2v) is 7.27. The van der Waals surface area contributed by atoms with Gasteiger partial charge in [-0.2, -0.15) is 0 Å². The highest BCUT2D eigenvalue weighted by molar-refractivity contribution is 6.07. The second-order valence-electron chi connectivity index (χ2n) is 7.27. The molecular weight excluding hydrogens is 328 g/mol. The molecule has 1 unspecified atom stereocenters. The van der Waals surface area contributed by atoms with Crippen molar-refractivity contribution in [3.8, 4) is 0 Å². The molecule has 2 saturated heterocycles. The van der Waals surface area contributed by atoms with E-state index < -0.39 is 17.2 Å². The molecule has 1 aromatic rings. The molecule has 5 nitrogen and oxygen atoms in total. The van der Waals surface area contributed by atoms with Crippen LogP contribution < -0.4 is 5.32 Å². The number of benzene rings is 1. The van der Waals surface area contributed by atoms with Crippen molar-refractivity contribution in [2.45, 2.75) is 50.2 Å². The molecule has 0 bridgehead atoms. The van der Waals surface area contributed by atoms with Crippen LogP contribution in [0, 0.1) is 11.6 Å². The highest BCUT2D eigenvalue weighted by Gasteiger charge is 2.56. The summed E-state index contributed by atoms with van der Waals surface area (Å²) in [7, 11) is 0. The fourth-order valence-electron chi connectivity index (χ4n) is 4.13. The summed E-state index contributed by atoms with van der Waals surface area (Å²) in [6.07, 6.45) is 3.86. The predicted octanol–water partition coefficient (Wildman–Crippen LogP) is 2.40. The molecule has 3 fully saturated rings. The molecule has 0 aromatic heterocycles. The van der Waals surface area contributed by atoms with Gasteiger partial charge in [0.1, 0.15) is 17.2 Å². The van der Waals surface area contributed by atoms with Gasteiger partial charge < -0.3 is 5.32 Å². The molecule has 2 aliphatic heterocycles. The number of urea groups is 1. The number of amides is 3. The standard InChI is InChI=1S/C18H21F2N3O2/c19-14-5-1-6-15(20)13(14)11-22-9-2-4-12(10-22)23-16(24)18(7-3-8-18)21-17(23)25/h1,5-6,12H,2-4,7-11H2,(H,21,25). The van der Waals surface area contributed by atoms with E-state index in [1.807, 2.05) is 4.90 Å². The maximum atomic E-state index is 13.9. The zero-order valence-corrected chi connectivity index (χ0v) is 13.9. The van der Waals surface area contributed by atoms with Gasteiger partial charge in [-0.1, -0.05) is 6.07 Å². The fourth-order valence-corrected chi connectivity index (χ4v) is 4.13. The molecule has 0 radical (unpaired) electrons. The highest BCUT2D eigenvalue weighted by Crippen LogP contribution is 2.38. The van der Waals surface area contributed by atoms with Gasteiger partial charge in [0.05, 0.1) is 6.04 Å². The van der Waals surface area contributed by atoms with E-state index in [0.717, 1.165) is 19.3 Å². The van der Waals surface area contributed by atoms with Crippen LogP contribution in [-0.4, -0.2) is 46.4 Å². The summed E-state index contributed by atoms with van der Waals surface area (Å²) in [5, 5.41) is 2.85. The molecule has 1 saturated carbocycles. The van der Waals surface area contributed by atoms with Crippen molar-refractivity contribution in [3.63, 3.8) is 0 Å². The average Bonchev–Trinajstić information content (AvgIpc) is 2.82. The van der Waals surface area contributed by atoms with Gasteiger partial charge in [0.15, 0.2) is 0 Å². The first kappa shape index (κ1) is 16.4. The summed E-state index contributed by atoms with van der Waals surface area (Å²) in [5.74, 6) is -1.26. The van der Waals surface area contributed by atoms with Crippen LogP contribution in [-0.2, 0) is 11.3 Å². The normalized spacial score (nSPS) is 26.0. The van der Waals surface area contributed by atoms with Crippen molar-refractivity contribution in [1.82, 2.24) is 15.1 Å². The van der Waals surface area contributed by atoms with Crippen molar-refractivity contribution >= 4 is 11.9 Å². The van der Waals surface area contributed by atoms with Gasteiger partial charge in [-0.05, 0) is 50.8 Å². The number of carbonyl (C=O) groups excluding carboxylic acids is 2. The van der Waals surface area contributed by atoms with E-state index in [-0.39, 0.29) is 30.1 Å². The Hall–Kier alpha value is -2.02. The lowest BCUT2D eigenvalue weighted by Gasteiger charge is -2.38. The van der Waals surface area contributed by atoms with Crippen molar-refractivity contribution in [2.24, 2.45) is 0 Å². The SMILES string of the molecule is O=C1NC2(CCC2)C(=O)N1C1CCCN(Cc2c(F)cccc2F)C1. The van der Waals surface area contributed by atoms with Crippen LogP contribution in [0.5, 0.6) is 0 Å². The van der Waals surface area contributed by atoms with Crippen molar-refractivity contribution in [2.75, 3.05) is 13.1 Å². The van der Waals surface area contributed by atoms with E-state index in [1.165, 1.54) is 23.1 Å². The maximum absolute atomic E-state index is 13.9. The van der Waals surface area contributed by atoms with Gasteiger partial charge in [-0.3, -0.25) is 14.6 Å². The highest BCUT2D eigenvalue weighted by atomic mass is 19.1. The van der Waals surface area contributed by atoms with Gasteiger partial charge in [0.2, 0.25) is 0 Å². The minimum absolute atomic E-state index is 0.0378. The van der Waals surface area contributed by atoms with Gasteiger partial charge in [-0.25, -0.2) is 13.6 Å². The Morgan fingerprint density at radius 2 is 1.88 bits per heavy atom. The first-order chi connectivity index (χ1) is 12.0. The minimum atomic E-state index is -0.684. The molecule has 25 heavy (non-hydrogen) atoms. The number of carbonyl (C=O) groups is 2. The maximum Gasteiger partial charge on any atom is 0.325 e. The van der Waals surface area contributed by atoms with Crippen LogP contribution in [0.25, 0.3) is 0 Å². The molecule has 1 spiro atoms. The third-order valence-electron chi connectivity index (χ3n) is 5.69. The molecule has 3 amide bonds. The number of hydrogen-bond donors (Lipinski definition) is 1. The summed E-state index contributed by atoms with van der Waals surface area (Å²) in [6.45, 7) is 1.28. The van der Waals surface area contributed by atoms with Gasteiger partial charge >= 0.3 is 6.03 Å². The molecular formula is C18H21F2N3O2. The number of nitrogens with one attached hydrogen (secondary N) is 1. The van der Waals surface area contributed by atoms with Crippen molar-refractivity contribution in [1.29, 1.82) is 0 Å². The molecule has 7 heteroatoms. The first-order valence-corrected chi connectivity index (χ1v) is 8.81. The number of likely N-dealkylation sites (tertiary alicyclic amines) is 1. The number of rotatable bonds is 3.